The van der Waals surface area contributed by atoms with Crippen molar-refractivity contribution in [2.45, 2.75) is 6.92 Å². The smallest absolute Gasteiger partial charge is 0.185 e. The van der Waals surface area contributed by atoms with Gasteiger partial charge in [0.25, 0.3) is 0 Å². The topological polar surface area (TPSA) is 30.2 Å². The van der Waals surface area contributed by atoms with Crippen molar-refractivity contribution in [3.8, 4) is 0 Å². The van der Waals surface area contributed by atoms with E-state index < -0.39 is 0 Å². The Hall–Kier alpha value is -1.83. The molecule has 0 bridgehead atoms. The van der Waals surface area contributed by atoms with E-state index in [1.54, 1.807) is 18.2 Å². The first-order chi connectivity index (χ1) is 6.81. The molecule has 0 aliphatic carbocycles. The summed E-state index contributed by atoms with van der Waals surface area (Å²) < 4.78 is 5.26. The highest BCUT2D eigenvalue weighted by Gasteiger charge is 2.02. The van der Waals surface area contributed by atoms with Crippen molar-refractivity contribution in [3.63, 3.8) is 0 Å². The lowest BCUT2D eigenvalue weighted by Gasteiger charge is -1.94. The maximum Gasteiger partial charge on any atom is 0.185 e. The quantitative estimate of drug-likeness (QED) is 0.536. The van der Waals surface area contributed by atoms with Crippen LogP contribution in [0, 0.1) is 0 Å². The van der Waals surface area contributed by atoms with Crippen LogP contribution in [-0.2, 0) is 0 Å². The van der Waals surface area contributed by atoms with E-state index in [0.29, 0.717) is 17.8 Å². The van der Waals surface area contributed by atoms with E-state index in [2.05, 4.69) is 6.58 Å². The second-order valence-electron chi connectivity index (χ2n) is 2.68. The van der Waals surface area contributed by atoms with Crippen LogP contribution in [0.5, 0.6) is 0 Å². The zero-order valence-electron chi connectivity index (χ0n) is 8.07. The molecule has 14 heavy (non-hydrogen) atoms. The lowest BCUT2D eigenvalue weighted by atomic mass is 10.2. The zero-order valence-corrected chi connectivity index (χ0v) is 8.07. The predicted octanol–water partition coefficient (Wildman–Crippen LogP) is 3.24. The van der Waals surface area contributed by atoms with Gasteiger partial charge in [-0.05, 0) is 19.1 Å². The molecule has 0 atom stereocenters. The highest BCUT2D eigenvalue weighted by Crippen LogP contribution is 2.18. The summed E-state index contributed by atoms with van der Waals surface area (Å²) in [6, 6.07) is 3.40. The molecule has 0 aliphatic rings. The lowest BCUT2D eigenvalue weighted by Crippen LogP contribution is -1.75. The number of rotatable bonds is 4. The van der Waals surface area contributed by atoms with E-state index in [1.165, 1.54) is 0 Å². The Kier molecular flexibility index (Phi) is 3.68. The van der Waals surface area contributed by atoms with Gasteiger partial charge in [0.1, 0.15) is 5.76 Å². The van der Waals surface area contributed by atoms with Gasteiger partial charge in [-0.2, -0.15) is 0 Å². The van der Waals surface area contributed by atoms with Gasteiger partial charge in [0.05, 0.1) is 0 Å². The van der Waals surface area contributed by atoms with Crippen LogP contribution < -0.4 is 0 Å². The molecule has 0 saturated heterocycles. The summed E-state index contributed by atoms with van der Waals surface area (Å²) >= 11 is 0. The molecule has 0 saturated carbocycles. The summed E-state index contributed by atoms with van der Waals surface area (Å²) in [6.45, 7) is 5.53. The van der Waals surface area contributed by atoms with Crippen LogP contribution in [0.1, 0.15) is 23.2 Å². The summed E-state index contributed by atoms with van der Waals surface area (Å²) in [6.07, 6.45) is 7.99. The Morgan fingerprint density at radius 2 is 2.29 bits per heavy atom. The third-order valence-corrected chi connectivity index (χ3v) is 1.67. The monoisotopic (exact) mass is 188 g/mol. The van der Waals surface area contributed by atoms with E-state index in [4.69, 9.17) is 4.42 Å². The number of hydrogen-bond donors (Lipinski definition) is 0. The molecule has 0 unspecified atom stereocenters. The largest absolute Gasteiger partial charge is 0.453 e. The Labute approximate surface area is 83.2 Å². The fraction of sp³-hybridized carbons (Fsp3) is 0.0833. The highest BCUT2D eigenvalue weighted by atomic mass is 16.3. The molecule has 0 radical (unpaired) electrons. The van der Waals surface area contributed by atoms with Crippen LogP contribution in [0.3, 0.4) is 0 Å². The molecule has 1 rings (SSSR count). The number of carbonyl (C=O) groups excluding carboxylic acids is 1. The highest BCUT2D eigenvalue weighted by molar-refractivity contribution is 5.76. The van der Waals surface area contributed by atoms with Gasteiger partial charge < -0.3 is 4.42 Å². The van der Waals surface area contributed by atoms with Crippen molar-refractivity contribution in [1.29, 1.82) is 0 Å². The van der Waals surface area contributed by atoms with E-state index in [-0.39, 0.29) is 0 Å². The van der Waals surface area contributed by atoms with Crippen molar-refractivity contribution in [1.82, 2.24) is 0 Å². The lowest BCUT2D eigenvalue weighted by molar-refractivity contribution is 0.110. The van der Waals surface area contributed by atoms with E-state index in [1.807, 2.05) is 25.2 Å². The third kappa shape index (κ3) is 2.33. The van der Waals surface area contributed by atoms with E-state index >= 15 is 0 Å². The van der Waals surface area contributed by atoms with Gasteiger partial charge in [-0.25, -0.2) is 0 Å². The number of aldehydes is 1. The minimum atomic E-state index is 0.333. The van der Waals surface area contributed by atoms with Crippen LogP contribution in [0.25, 0.3) is 5.57 Å². The van der Waals surface area contributed by atoms with E-state index in [9.17, 15) is 4.79 Å². The van der Waals surface area contributed by atoms with Gasteiger partial charge in [0.2, 0.25) is 0 Å². The third-order valence-electron chi connectivity index (χ3n) is 1.67. The molecular formula is C12H12O2. The minimum Gasteiger partial charge on any atom is -0.453 e. The molecular weight excluding hydrogens is 176 g/mol. The number of hydrogen-bond acceptors (Lipinski definition) is 2. The predicted molar refractivity (Wildman–Crippen MR) is 57.1 cm³/mol. The van der Waals surface area contributed by atoms with Crippen molar-refractivity contribution >= 4 is 11.9 Å². The number of allylic oxidation sites excluding steroid dienone is 5. The molecule has 1 aromatic heterocycles. The van der Waals surface area contributed by atoms with Crippen LogP contribution in [0.15, 0.2) is 47.4 Å². The number of furan rings is 1. The summed E-state index contributed by atoms with van der Waals surface area (Å²) in [5.41, 5.74) is 0.899. The summed E-state index contributed by atoms with van der Waals surface area (Å²) in [5, 5.41) is 0. The first-order valence-corrected chi connectivity index (χ1v) is 4.32. The SMILES string of the molecule is C=C/C=C(\C=C/C)c1ccc(C=O)o1. The van der Waals surface area contributed by atoms with Crippen molar-refractivity contribution < 1.29 is 9.21 Å². The Balaban J connectivity index is 3.04. The Bertz CT molecular complexity index is 381. The second-order valence-corrected chi connectivity index (χ2v) is 2.68. The molecule has 0 aliphatic heterocycles. The zero-order chi connectivity index (χ0) is 10.4. The maximum atomic E-state index is 10.4. The van der Waals surface area contributed by atoms with Gasteiger partial charge in [-0.3, -0.25) is 4.79 Å². The van der Waals surface area contributed by atoms with Gasteiger partial charge >= 0.3 is 0 Å². The fourth-order valence-corrected chi connectivity index (χ4v) is 1.10. The first kappa shape index (κ1) is 10.3. The second kappa shape index (κ2) is 5.02. The molecule has 2 nitrogen and oxygen atoms in total. The molecule has 2 heteroatoms. The van der Waals surface area contributed by atoms with Crippen LogP contribution in [0.4, 0.5) is 0 Å². The van der Waals surface area contributed by atoms with Crippen LogP contribution in [-0.4, -0.2) is 6.29 Å². The molecule has 0 fully saturated rings. The molecule has 0 N–H and O–H groups in total. The van der Waals surface area contributed by atoms with E-state index in [0.717, 1.165) is 5.57 Å². The molecule has 1 aromatic rings. The average molecular weight is 188 g/mol. The Morgan fingerprint density at radius 3 is 2.79 bits per heavy atom. The van der Waals surface area contributed by atoms with Gasteiger partial charge in [-0.1, -0.05) is 30.9 Å². The van der Waals surface area contributed by atoms with Gasteiger partial charge in [0.15, 0.2) is 12.0 Å². The number of carbonyl (C=O) groups is 1. The van der Waals surface area contributed by atoms with Crippen molar-refractivity contribution in [2.24, 2.45) is 0 Å². The standard InChI is InChI=1S/C12H12O2/c1-3-5-10(6-4-2)12-8-7-11(9-13)14-12/h3-9H,1H2,2H3/b6-4-,10-5+. The average Bonchev–Trinajstić information content (AvgIpc) is 2.65. The maximum absolute atomic E-state index is 10.4. The van der Waals surface area contributed by atoms with Gasteiger partial charge in [-0.15, -0.1) is 0 Å². The minimum absolute atomic E-state index is 0.333. The summed E-state index contributed by atoms with van der Waals surface area (Å²) in [4.78, 5) is 10.4. The molecule has 0 spiro atoms. The normalized spacial score (nSPS) is 11.9. The van der Waals surface area contributed by atoms with Crippen LogP contribution in [0.2, 0.25) is 0 Å². The molecule has 0 aromatic carbocycles. The molecule has 72 valence electrons. The molecule has 0 amide bonds. The summed E-state index contributed by atoms with van der Waals surface area (Å²) in [7, 11) is 0. The summed E-state index contributed by atoms with van der Waals surface area (Å²) in [5.74, 6) is 1.00. The van der Waals surface area contributed by atoms with Crippen LogP contribution >= 0.6 is 0 Å². The van der Waals surface area contributed by atoms with Gasteiger partial charge in [0, 0.05) is 5.57 Å². The van der Waals surface area contributed by atoms with Crippen molar-refractivity contribution in [2.75, 3.05) is 0 Å². The van der Waals surface area contributed by atoms with Crippen molar-refractivity contribution in [3.05, 3.63) is 54.5 Å². The fourth-order valence-electron chi connectivity index (χ4n) is 1.10. The Morgan fingerprint density at radius 1 is 1.50 bits per heavy atom. The first-order valence-electron chi connectivity index (χ1n) is 4.32. The molecule has 1 heterocycles.